The quantitative estimate of drug-likeness (QED) is 0.908. The van der Waals surface area contributed by atoms with Crippen molar-refractivity contribution < 1.29 is 4.74 Å². The highest BCUT2D eigenvalue weighted by Crippen LogP contribution is 2.21. The monoisotopic (exact) mass is 307 g/mol. The van der Waals surface area contributed by atoms with Gasteiger partial charge in [0, 0.05) is 30.7 Å². The van der Waals surface area contributed by atoms with Gasteiger partial charge in [0.2, 0.25) is 0 Å². The van der Waals surface area contributed by atoms with Crippen molar-refractivity contribution in [2.75, 3.05) is 38.2 Å². The molecule has 1 aromatic carbocycles. The van der Waals surface area contributed by atoms with Gasteiger partial charge in [0.25, 0.3) is 0 Å². The Bertz CT molecular complexity index is 507. The third-order valence-electron chi connectivity index (χ3n) is 3.89. The van der Waals surface area contributed by atoms with Crippen LogP contribution in [0.5, 0.6) is 0 Å². The van der Waals surface area contributed by atoms with Gasteiger partial charge in [0.1, 0.15) is 6.07 Å². The van der Waals surface area contributed by atoms with Gasteiger partial charge in [-0.3, -0.25) is 4.90 Å². The Morgan fingerprint density at radius 3 is 2.71 bits per heavy atom. The fraction of sp³-hybridized carbons (Fsp3) is 0.562. The smallest absolute Gasteiger partial charge is 0.101 e. The zero-order chi connectivity index (χ0) is 15.2. The van der Waals surface area contributed by atoms with Crippen LogP contribution in [0.3, 0.4) is 0 Å². The molecule has 1 N–H and O–H groups in total. The Hall–Kier alpha value is -1.28. The number of nitrogens with zero attached hydrogens (tertiary/aromatic N) is 2. The minimum Gasteiger partial charge on any atom is -0.382 e. The Kier molecular flexibility index (Phi) is 5.86. The number of ether oxygens (including phenoxy) is 1. The van der Waals surface area contributed by atoms with E-state index in [1.807, 2.05) is 12.1 Å². The van der Waals surface area contributed by atoms with Gasteiger partial charge < -0.3 is 10.1 Å². The third kappa shape index (κ3) is 4.34. The van der Waals surface area contributed by atoms with Crippen LogP contribution in [0, 0.1) is 17.2 Å². The molecule has 0 amide bonds. The molecule has 0 radical (unpaired) electrons. The Labute approximate surface area is 131 Å². The van der Waals surface area contributed by atoms with Crippen molar-refractivity contribution in [3.8, 4) is 6.07 Å². The molecule has 1 fully saturated rings. The molecule has 1 aromatic rings. The number of nitriles is 1. The topological polar surface area (TPSA) is 48.3 Å². The van der Waals surface area contributed by atoms with Gasteiger partial charge in [-0.15, -0.1) is 0 Å². The second-order valence-corrected chi connectivity index (χ2v) is 6.08. The van der Waals surface area contributed by atoms with Gasteiger partial charge in [0.05, 0.1) is 24.5 Å². The van der Waals surface area contributed by atoms with Crippen LogP contribution < -0.4 is 5.32 Å². The summed E-state index contributed by atoms with van der Waals surface area (Å²) in [4.78, 5) is 2.46. The molecule has 114 valence electrons. The molecule has 0 saturated carbocycles. The van der Waals surface area contributed by atoms with Crippen molar-refractivity contribution in [2.24, 2.45) is 5.92 Å². The normalized spacial score (nSPS) is 17.5. The fourth-order valence-corrected chi connectivity index (χ4v) is 2.85. The summed E-state index contributed by atoms with van der Waals surface area (Å²) in [6.45, 7) is 8.81. The summed E-state index contributed by atoms with van der Waals surface area (Å²) in [6, 6.07) is 7.99. The maximum atomic E-state index is 9.19. The molecule has 1 saturated heterocycles. The van der Waals surface area contributed by atoms with Crippen molar-refractivity contribution in [1.82, 2.24) is 4.90 Å². The first-order valence-electron chi connectivity index (χ1n) is 7.37. The minimum absolute atomic E-state index is 0.427. The molecule has 2 rings (SSSR count). The summed E-state index contributed by atoms with van der Waals surface area (Å²) in [5.74, 6) is 0.536. The molecule has 1 aliphatic heterocycles. The number of nitrogens with one attached hydrogen (secondary N) is 1. The molecule has 1 atom stereocenters. The number of hydrogen-bond acceptors (Lipinski definition) is 4. The van der Waals surface area contributed by atoms with Crippen molar-refractivity contribution in [2.45, 2.75) is 19.9 Å². The van der Waals surface area contributed by atoms with Crippen LogP contribution in [0.1, 0.15) is 19.4 Å². The van der Waals surface area contributed by atoms with E-state index in [0.29, 0.717) is 22.5 Å². The first-order valence-corrected chi connectivity index (χ1v) is 7.75. The van der Waals surface area contributed by atoms with E-state index in [2.05, 4.69) is 30.1 Å². The molecule has 0 spiro atoms. The molecule has 0 bridgehead atoms. The molecular weight excluding hydrogens is 286 g/mol. The average molecular weight is 308 g/mol. The van der Waals surface area contributed by atoms with E-state index in [9.17, 15) is 5.26 Å². The van der Waals surface area contributed by atoms with Crippen molar-refractivity contribution in [3.05, 3.63) is 28.8 Å². The van der Waals surface area contributed by atoms with E-state index in [1.54, 1.807) is 6.07 Å². The summed E-state index contributed by atoms with van der Waals surface area (Å²) in [5, 5.41) is 13.2. The fourth-order valence-electron chi connectivity index (χ4n) is 2.67. The van der Waals surface area contributed by atoms with Crippen LogP contribution in [-0.2, 0) is 4.74 Å². The molecule has 5 heteroatoms. The summed E-state index contributed by atoms with van der Waals surface area (Å²) in [7, 11) is 0. The SMILES string of the molecule is CC(C)C(CNc1ccc(Cl)cc1C#N)N1CCOCC1. The van der Waals surface area contributed by atoms with E-state index in [4.69, 9.17) is 16.3 Å². The van der Waals surface area contributed by atoms with E-state index in [-0.39, 0.29) is 0 Å². The molecule has 1 aliphatic rings. The van der Waals surface area contributed by atoms with Crippen LogP contribution in [0.2, 0.25) is 5.02 Å². The van der Waals surface area contributed by atoms with Crippen LogP contribution in [0.15, 0.2) is 18.2 Å². The van der Waals surface area contributed by atoms with Gasteiger partial charge in [-0.1, -0.05) is 25.4 Å². The third-order valence-corrected chi connectivity index (χ3v) is 4.12. The number of benzene rings is 1. The zero-order valence-electron chi connectivity index (χ0n) is 12.6. The van der Waals surface area contributed by atoms with E-state index < -0.39 is 0 Å². The largest absolute Gasteiger partial charge is 0.382 e. The second kappa shape index (κ2) is 7.65. The van der Waals surface area contributed by atoms with E-state index >= 15 is 0 Å². The van der Waals surface area contributed by atoms with Crippen LogP contribution >= 0.6 is 11.6 Å². The number of anilines is 1. The lowest BCUT2D eigenvalue weighted by Crippen LogP contribution is -2.49. The van der Waals surface area contributed by atoms with Gasteiger partial charge in [0.15, 0.2) is 0 Å². The molecule has 1 heterocycles. The molecule has 0 aliphatic carbocycles. The summed E-state index contributed by atoms with van der Waals surface area (Å²) in [5.41, 5.74) is 1.44. The van der Waals surface area contributed by atoms with Gasteiger partial charge in [-0.05, 0) is 24.1 Å². The predicted octanol–water partition coefficient (Wildman–Crippen LogP) is 2.98. The summed E-state index contributed by atoms with van der Waals surface area (Å²) >= 11 is 5.93. The number of morpholine rings is 1. The van der Waals surface area contributed by atoms with E-state index in [0.717, 1.165) is 38.5 Å². The number of halogens is 1. The Morgan fingerprint density at radius 2 is 2.10 bits per heavy atom. The first-order chi connectivity index (χ1) is 10.1. The predicted molar refractivity (Wildman–Crippen MR) is 85.7 cm³/mol. The van der Waals surface area contributed by atoms with Crippen molar-refractivity contribution in [3.63, 3.8) is 0 Å². The summed E-state index contributed by atoms with van der Waals surface area (Å²) in [6.07, 6.45) is 0. The second-order valence-electron chi connectivity index (χ2n) is 5.64. The highest BCUT2D eigenvalue weighted by atomic mass is 35.5. The molecule has 0 aromatic heterocycles. The minimum atomic E-state index is 0.427. The van der Waals surface area contributed by atoms with Gasteiger partial charge in [-0.25, -0.2) is 0 Å². The number of hydrogen-bond donors (Lipinski definition) is 1. The maximum absolute atomic E-state index is 9.19. The van der Waals surface area contributed by atoms with Crippen molar-refractivity contribution >= 4 is 17.3 Å². The number of rotatable bonds is 5. The molecule has 4 nitrogen and oxygen atoms in total. The lowest BCUT2D eigenvalue weighted by Gasteiger charge is -2.37. The molecular formula is C16H22ClN3O. The standard InChI is InChI=1S/C16H22ClN3O/c1-12(2)16(20-5-7-21-8-6-20)11-19-15-4-3-14(17)9-13(15)10-18/h3-4,9,12,16,19H,5-8,11H2,1-2H3. The summed E-state index contributed by atoms with van der Waals surface area (Å²) < 4.78 is 5.42. The maximum Gasteiger partial charge on any atom is 0.101 e. The van der Waals surface area contributed by atoms with Gasteiger partial charge >= 0.3 is 0 Å². The highest BCUT2D eigenvalue weighted by molar-refractivity contribution is 6.30. The van der Waals surface area contributed by atoms with Crippen LogP contribution in [0.25, 0.3) is 0 Å². The van der Waals surface area contributed by atoms with Crippen molar-refractivity contribution in [1.29, 1.82) is 5.26 Å². The zero-order valence-corrected chi connectivity index (χ0v) is 13.4. The Morgan fingerprint density at radius 1 is 1.38 bits per heavy atom. The molecule has 21 heavy (non-hydrogen) atoms. The van der Waals surface area contributed by atoms with E-state index in [1.165, 1.54) is 0 Å². The van der Waals surface area contributed by atoms with Crippen LogP contribution in [0.4, 0.5) is 5.69 Å². The lowest BCUT2D eigenvalue weighted by molar-refractivity contribution is 0.00955. The lowest BCUT2D eigenvalue weighted by atomic mass is 10.0. The highest BCUT2D eigenvalue weighted by Gasteiger charge is 2.23. The van der Waals surface area contributed by atoms with Gasteiger partial charge in [-0.2, -0.15) is 5.26 Å². The van der Waals surface area contributed by atoms with Crippen LogP contribution in [-0.4, -0.2) is 43.8 Å². The Balaban J connectivity index is 2.03. The average Bonchev–Trinajstić information content (AvgIpc) is 2.49. The first kappa shape index (κ1) is 16.1. The molecule has 1 unspecified atom stereocenters.